The minimum atomic E-state index is -0.763. The quantitative estimate of drug-likeness (QED) is 0.585. The van der Waals surface area contributed by atoms with E-state index in [1.807, 2.05) is 6.92 Å². The number of aliphatic hydroxyl groups excluding tert-OH is 1. The topological polar surface area (TPSA) is 72.8 Å². The molecule has 5 heteroatoms. The number of hydrogen-bond donors (Lipinski definition) is 1. The molecular formula is C23H36O5. The second kappa shape index (κ2) is 7.24. The van der Waals surface area contributed by atoms with Crippen LogP contribution in [0.15, 0.2) is 12.7 Å². The Morgan fingerprint density at radius 2 is 1.93 bits per heavy atom. The molecule has 0 spiro atoms. The van der Waals surface area contributed by atoms with Gasteiger partial charge in [0.1, 0.15) is 18.5 Å². The van der Waals surface area contributed by atoms with Crippen LogP contribution in [0.4, 0.5) is 0 Å². The van der Waals surface area contributed by atoms with Crippen LogP contribution in [0.3, 0.4) is 0 Å². The second-order valence-electron chi connectivity index (χ2n) is 9.88. The van der Waals surface area contributed by atoms with Crippen molar-refractivity contribution < 1.29 is 24.2 Å². The number of ketones is 1. The van der Waals surface area contributed by atoms with Crippen molar-refractivity contribution in [2.45, 2.75) is 72.0 Å². The third-order valence-electron chi connectivity index (χ3n) is 8.94. The fourth-order valence-electron chi connectivity index (χ4n) is 6.99. The molecule has 1 N–H and O–H groups in total. The zero-order valence-electron chi connectivity index (χ0n) is 18.0. The second-order valence-corrected chi connectivity index (χ2v) is 9.88. The molecule has 0 amide bonds. The van der Waals surface area contributed by atoms with Crippen LogP contribution in [0, 0.1) is 34.0 Å². The Kier molecular flexibility index (Phi) is 5.56. The van der Waals surface area contributed by atoms with Gasteiger partial charge < -0.3 is 14.6 Å². The molecule has 158 valence electrons. The van der Waals surface area contributed by atoms with Gasteiger partial charge in [-0.05, 0) is 43.9 Å². The number of carbonyl (C=O) groups excluding carboxylic acids is 2. The molecule has 0 radical (unpaired) electrons. The summed E-state index contributed by atoms with van der Waals surface area (Å²) in [4.78, 5) is 25.8. The summed E-state index contributed by atoms with van der Waals surface area (Å²) in [5.74, 6) is -0.0900. The number of Topliss-reactive ketones (excluding diaryl/α,β-unsaturated/α-hetero) is 1. The Morgan fingerprint density at radius 1 is 1.29 bits per heavy atom. The van der Waals surface area contributed by atoms with Crippen LogP contribution in [0.25, 0.3) is 0 Å². The average Bonchev–Trinajstić information content (AvgIpc) is 3.09. The maximum atomic E-state index is 13.7. The summed E-state index contributed by atoms with van der Waals surface area (Å²) in [5, 5.41) is 9.35. The first kappa shape index (κ1) is 21.5. The Hall–Kier alpha value is -1.20. The largest absolute Gasteiger partial charge is 0.460 e. The van der Waals surface area contributed by atoms with Crippen LogP contribution in [0.2, 0.25) is 0 Å². The van der Waals surface area contributed by atoms with Gasteiger partial charge in [0.25, 0.3) is 0 Å². The molecule has 0 aromatic heterocycles. The molecular weight excluding hydrogens is 356 g/mol. The highest BCUT2D eigenvalue weighted by Gasteiger charge is 2.68. The summed E-state index contributed by atoms with van der Waals surface area (Å²) in [6.07, 6.45) is 5.58. The monoisotopic (exact) mass is 392 g/mol. The van der Waals surface area contributed by atoms with E-state index in [0.29, 0.717) is 12.3 Å². The van der Waals surface area contributed by atoms with Gasteiger partial charge in [0.05, 0.1) is 6.10 Å². The highest BCUT2D eigenvalue weighted by molar-refractivity contribution is 5.89. The lowest BCUT2D eigenvalue weighted by Crippen LogP contribution is -2.63. The van der Waals surface area contributed by atoms with Crippen molar-refractivity contribution in [1.29, 1.82) is 0 Å². The fourth-order valence-corrected chi connectivity index (χ4v) is 6.99. The summed E-state index contributed by atoms with van der Waals surface area (Å²) in [5.41, 5.74) is -1.24. The summed E-state index contributed by atoms with van der Waals surface area (Å²) in [6.45, 7) is 11.8. The first-order chi connectivity index (χ1) is 13.1. The predicted molar refractivity (Wildman–Crippen MR) is 107 cm³/mol. The summed E-state index contributed by atoms with van der Waals surface area (Å²) >= 11 is 0. The summed E-state index contributed by atoms with van der Waals surface area (Å²) in [7, 11) is 1.75. The maximum Gasteiger partial charge on any atom is 0.332 e. The number of aliphatic hydroxyl groups is 1. The van der Waals surface area contributed by atoms with Crippen LogP contribution < -0.4 is 0 Å². The van der Waals surface area contributed by atoms with Crippen molar-refractivity contribution in [2.75, 3.05) is 13.7 Å². The van der Waals surface area contributed by atoms with E-state index < -0.39 is 24.1 Å². The normalized spacial score (nSPS) is 48.4. The van der Waals surface area contributed by atoms with E-state index in [0.717, 1.165) is 25.7 Å². The molecule has 3 aliphatic carbocycles. The minimum absolute atomic E-state index is 0.0476. The molecule has 3 unspecified atom stereocenters. The SMILES string of the molecule is C=C[C@]1(C)C[C@@H](OC(=O)CO)[C@]2(C)C(C)CC[C@]3(CCC(OC)C32)[C@@H](C)C1=O. The molecule has 8 atom stereocenters. The summed E-state index contributed by atoms with van der Waals surface area (Å²) in [6, 6.07) is 0. The van der Waals surface area contributed by atoms with E-state index in [9.17, 15) is 14.7 Å². The van der Waals surface area contributed by atoms with E-state index in [4.69, 9.17) is 9.47 Å². The highest BCUT2D eigenvalue weighted by atomic mass is 16.6. The lowest BCUT2D eigenvalue weighted by atomic mass is 9.44. The van der Waals surface area contributed by atoms with E-state index in [2.05, 4.69) is 27.4 Å². The van der Waals surface area contributed by atoms with Crippen LogP contribution in [-0.2, 0) is 19.1 Å². The standard InChI is InChI=1S/C23H36O5/c1-7-21(4)12-17(28-18(25)13-24)22(5)14(2)8-10-23(15(3)20(21)26)11-9-16(27-6)19(22)23/h7,14-17,19,24H,1,8-13H2,2-6H3/t14?,15-,16?,17+,19?,21+,22-,23-/m0/s1. The van der Waals surface area contributed by atoms with E-state index >= 15 is 0 Å². The molecule has 28 heavy (non-hydrogen) atoms. The summed E-state index contributed by atoms with van der Waals surface area (Å²) < 4.78 is 11.8. The van der Waals surface area contributed by atoms with Gasteiger partial charge in [-0.3, -0.25) is 4.79 Å². The number of ether oxygens (including phenoxy) is 2. The van der Waals surface area contributed by atoms with Gasteiger partial charge in [0, 0.05) is 36.2 Å². The lowest BCUT2D eigenvalue weighted by Gasteiger charge is -2.61. The Balaban J connectivity index is 2.22. The number of carbonyl (C=O) groups is 2. The molecule has 3 aliphatic rings. The zero-order valence-corrected chi connectivity index (χ0v) is 18.0. The van der Waals surface area contributed by atoms with Gasteiger partial charge in [-0.15, -0.1) is 6.58 Å². The van der Waals surface area contributed by atoms with Crippen molar-refractivity contribution in [3.8, 4) is 0 Å². The van der Waals surface area contributed by atoms with Gasteiger partial charge in [-0.1, -0.05) is 26.8 Å². The molecule has 3 fully saturated rings. The van der Waals surface area contributed by atoms with Crippen molar-refractivity contribution >= 4 is 11.8 Å². The molecule has 0 saturated heterocycles. The number of allylic oxidation sites excluding steroid dienone is 1. The van der Waals surface area contributed by atoms with Gasteiger partial charge in [-0.25, -0.2) is 4.79 Å². The van der Waals surface area contributed by atoms with Gasteiger partial charge in [-0.2, -0.15) is 0 Å². The van der Waals surface area contributed by atoms with Crippen LogP contribution in [0.5, 0.6) is 0 Å². The van der Waals surface area contributed by atoms with Crippen LogP contribution in [-0.4, -0.2) is 42.8 Å². The van der Waals surface area contributed by atoms with E-state index in [1.54, 1.807) is 13.2 Å². The van der Waals surface area contributed by atoms with Crippen molar-refractivity contribution in [3.05, 3.63) is 12.7 Å². The molecule has 5 nitrogen and oxygen atoms in total. The van der Waals surface area contributed by atoms with Gasteiger partial charge >= 0.3 is 5.97 Å². The number of methoxy groups -OCH3 is 1. The van der Waals surface area contributed by atoms with Gasteiger partial charge in [0.15, 0.2) is 0 Å². The molecule has 0 aliphatic heterocycles. The fraction of sp³-hybridized carbons (Fsp3) is 0.826. The molecule has 0 heterocycles. The Morgan fingerprint density at radius 3 is 2.50 bits per heavy atom. The molecule has 2 bridgehead atoms. The Labute approximate surface area is 168 Å². The number of hydrogen-bond acceptors (Lipinski definition) is 5. The zero-order chi connectivity index (χ0) is 20.9. The molecule has 0 aromatic rings. The highest BCUT2D eigenvalue weighted by Crippen LogP contribution is 2.68. The van der Waals surface area contributed by atoms with Crippen molar-refractivity contribution in [2.24, 2.45) is 34.0 Å². The average molecular weight is 393 g/mol. The van der Waals surface area contributed by atoms with E-state index in [1.165, 1.54) is 0 Å². The first-order valence-corrected chi connectivity index (χ1v) is 10.6. The van der Waals surface area contributed by atoms with Crippen molar-refractivity contribution in [1.82, 2.24) is 0 Å². The lowest BCUT2D eigenvalue weighted by molar-refractivity contribution is -0.205. The molecule has 0 aromatic carbocycles. The Bertz CT molecular complexity index is 659. The smallest absolute Gasteiger partial charge is 0.332 e. The van der Waals surface area contributed by atoms with Crippen molar-refractivity contribution in [3.63, 3.8) is 0 Å². The third kappa shape index (κ3) is 2.80. The minimum Gasteiger partial charge on any atom is -0.460 e. The van der Waals surface area contributed by atoms with Gasteiger partial charge in [0.2, 0.25) is 0 Å². The van der Waals surface area contributed by atoms with E-state index in [-0.39, 0.29) is 34.6 Å². The number of esters is 1. The molecule has 3 saturated carbocycles. The number of rotatable bonds is 4. The predicted octanol–water partition coefficient (Wildman–Crippen LogP) is 3.54. The first-order valence-electron chi connectivity index (χ1n) is 10.6. The van der Waals surface area contributed by atoms with Crippen LogP contribution >= 0.6 is 0 Å². The van der Waals surface area contributed by atoms with Crippen LogP contribution in [0.1, 0.15) is 59.8 Å². The molecule has 3 rings (SSSR count). The maximum absolute atomic E-state index is 13.7. The third-order valence-corrected chi connectivity index (χ3v) is 8.94.